The topological polar surface area (TPSA) is 67.4 Å². The van der Waals surface area contributed by atoms with E-state index >= 15 is 0 Å². The predicted octanol–water partition coefficient (Wildman–Crippen LogP) is 1.73. The third-order valence-electron chi connectivity index (χ3n) is 4.12. The lowest BCUT2D eigenvalue weighted by Gasteiger charge is -2.24. The summed E-state index contributed by atoms with van der Waals surface area (Å²) in [5.41, 5.74) is 8.40. The normalized spacial score (nSPS) is 18.0. The second-order valence-corrected chi connectivity index (χ2v) is 5.96. The van der Waals surface area contributed by atoms with Gasteiger partial charge in [0.25, 0.3) is 5.91 Å². The molecule has 0 aliphatic carbocycles. The first-order valence-corrected chi connectivity index (χ1v) is 7.38. The van der Waals surface area contributed by atoms with Crippen LogP contribution in [-0.2, 0) is 7.05 Å². The van der Waals surface area contributed by atoms with Gasteiger partial charge in [0.1, 0.15) is 11.4 Å². The molecule has 1 aliphatic heterocycles. The number of nitrogens with two attached hydrogens (primary N) is 1. The van der Waals surface area contributed by atoms with Crippen LogP contribution in [0, 0.1) is 5.92 Å². The van der Waals surface area contributed by atoms with Crippen LogP contribution in [0.5, 0.6) is 0 Å². The molecular weight excluding hydrogens is 278 g/mol. The molecule has 0 unspecified atom stereocenters. The Morgan fingerprint density at radius 3 is 2.55 bits per heavy atom. The lowest BCUT2D eigenvalue weighted by atomic mass is 10.1. The number of hydrogen-bond donors (Lipinski definition) is 1. The van der Waals surface area contributed by atoms with Crippen molar-refractivity contribution in [3.05, 3.63) is 36.0 Å². The van der Waals surface area contributed by atoms with E-state index in [2.05, 4.69) is 24.0 Å². The predicted molar refractivity (Wildman–Crippen MR) is 88.2 cm³/mol. The summed E-state index contributed by atoms with van der Waals surface area (Å²) in [6.07, 6.45) is 1.54. The third kappa shape index (κ3) is 2.30. The van der Waals surface area contributed by atoms with Gasteiger partial charge in [0.15, 0.2) is 0 Å². The number of benzene rings is 1. The van der Waals surface area contributed by atoms with Crippen molar-refractivity contribution in [3.63, 3.8) is 0 Å². The number of nitrogens with zero attached hydrogens (tertiary/aromatic N) is 4. The van der Waals surface area contributed by atoms with Gasteiger partial charge in [-0.15, -0.1) is 0 Å². The summed E-state index contributed by atoms with van der Waals surface area (Å²) in [6.45, 7) is 3.72. The molecule has 3 rings (SSSR count). The zero-order valence-electron chi connectivity index (χ0n) is 13.2. The van der Waals surface area contributed by atoms with E-state index in [4.69, 9.17) is 5.73 Å². The quantitative estimate of drug-likeness (QED) is 0.871. The zero-order chi connectivity index (χ0) is 15.9. The Labute approximate surface area is 130 Å². The Morgan fingerprint density at radius 1 is 1.23 bits per heavy atom. The Morgan fingerprint density at radius 2 is 1.91 bits per heavy atom. The first-order chi connectivity index (χ1) is 10.5. The highest BCUT2D eigenvalue weighted by Gasteiger charge is 2.29. The fraction of sp³-hybridized carbons (Fsp3) is 0.375. The molecule has 6 nitrogen and oxygen atoms in total. The smallest absolute Gasteiger partial charge is 0.263 e. The maximum Gasteiger partial charge on any atom is 0.263 e. The van der Waals surface area contributed by atoms with E-state index in [1.54, 1.807) is 13.2 Å². The molecule has 1 aromatic heterocycles. The maximum absolute atomic E-state index is 13.0. The van der Waals surface area contributed by atoms with Crippen molar-refractivity contribution < 1.29 is 4.79 Å². The molecule has 1 amide bonds. The maximum atomic E-state index is 13.0. The molecule has 2 heterocycles. The number of anilines is 3. The minimum atomic E-state index is -0.0970. The molecule has 0 radical (unpaired) electrons. The molecule has 0 bridgehead atoms. The number of amides is 1. The van der Waals surface area contributed by atoms with Crippen LogP contribution in [0.3, 0.4) is 0 Å². The Hall–Kier alpha value is -2.50. The number of hydrogen-bond acceptors (Lipinski definition) is 4. The van der Waals surface area contributed by atoms with Gasteiger partial charge in [-0.05, 0) is 18.1 Å². The molecule has 1 aromatic carbocycles. The van der Waals surface area contributed by atoms with E-state index < -0.39 is 0 Å². The van der Waals surface area contributed by atoms with Crippen LogP contribution in [0.4, 0.5) is 17.2 Å². The molecule has 1 atom stereocenters. The molecule has 0 fully saturated rings. The zero-order valence-corrected chi connectivity index (χ0v) is 13.2. The summed E-state index contributed by atoms with van der Waals surface area (Å²) in [5, 5.41) is 4.08. The summed E-state index contributed by atoms with van der Waals surface area (Å²) in [6, 6.07) is 7.97. The molecule has 1 aliphatic rings. The molecule has 116 valence electrons. The average molecular weight is 299 g/mol. The summed E-state index contributed by atoms with van der Waals surface area (Å²) in [4.78, 5) is 17.0. The van der Waals surface area contributed by atoms with Crippen LogP contribution in [-0.4, -0.2) is 35.8 Å². The Bertz CT molecular complexity index is 708. The molecular formula is C16H21N5O. The van der Waals surface area contributed by atoms with Crippen LogP contribution in [0.25, 0.3) is 0 Å². The fourth-order valence-electron chi connectivity index (χ4n) is 3.00. The number of aromatic nitrogens is 2. The minimum Gasteiger partial charge on any atom is -0.383 e. The Kier molecular flexibility index (Phi) is 3.52. The summed E-state index contributed by atoms with van der Waals surface area (Å²) >= 11 is 0. The highest BCUT2D eigenvalue weighted by Crippen LogP contribution is 2.33. The fourth-order valence-corrected chi connectivity index (χ4v) is 3.00. The summed E-state index contributed by atoms with van der Waals surface area (Å²) < 4.78 is 1.52. The van der Waals surface area contributed by atoms with E-state index in [9.17, 15) is 4.79 Å². The lowest BCUT2D eigenvalue weighted by Crippen LogP contribution is -2.35. The highest BCUT2D eigenvalue weighted by molar-refractivity contribution is 6.10. The van der Waals surface area contributed by atoms with Crippen molar-refractivity contribution in [2.75, 3.05) is 35.7 Å². The number of aryl methyl sites for hydroxylation is 1. The van der Waals surface area contributed by atoms with Crippen molar-refractivity contribution in [1.82, 2.24) is 9.78 Å². The largest absolute Gasteiger partial charge is 0.383 e. The molecule has 2 aromatic rings. The van der Waals surface area contributed by atoms with Crippen molar-refractivity contribution in [2.24, 2.45) is 13.0 Å². The van der Waals surface area contributed by atoms with Crippen molar-refractivity contribution in [1.29, 1.82) is 0 Å². The SMILES string of the molecule is C[C@H]1CN(C)c2ccccc2N(C(=O)c2cnn(C)c2N)C1. The van der Waals surface area contributed by atoms with Crippen LogP contribution >= 0.6 is 0 Å². The number of para-hydroxylation sites is 2. The van der Waals surface area contributed by atoms with Gasteiger partial charge >= 0.3 is 0 Å². The average Bonchev–Trinajstić information content (AvgIpc) is 2.77. The number of nitrogen functional groups attached to an aromatic ring is 1. The van der Waals surface area contributed by atoms with Gasteiger partial charge in [0.05, 0.1) is 17.6 Å². The van der Waals surface area contributed by atoms with E-state index in [1.165, 1.54) is 4.68 Å². The lowest BCUT2D eigenvalue weighted by molar-refractivity contribution is 0.0985. The minimum absolute atomic E-state index is 0.0970. The molecule has 22 heavy (non-hydrogen) atoms. The second-order valence-electron chi connectivity index (χ2n) is 5.96. The van der Waals surface area contributed by atoms with Gasteiger partial charge < -0.3 is 15.5 Å². The third-order valence-corrected chi connectivity index (χ3v) is 4.12. The van der Waals surface area contributed by atoms with Crippen LogP contribution in [0.2, 0.25) is 0 Å². The standard InChI is InChI=1S/C16H21N5O/c1-11-9-19(2)13-6-4-5-7-14(13)21(10-11)16(22)12-8-18-20(3)15(12)17/h4-8,11H,9-10,17H2,1-3H3/t11-/m0/s1. The van der Waals surface area contributed by atoms with Crippen molar-refractivity contribution >= 4 is 23.1 Å². The molecule has 0 spiro atoms. The number of rotatable bonds is 1. The summed E-state index contributed by atoms with van der Waals surface area (Å²) in [5.74, 6) is 0.659. The molecule has 6 heteroatoms. The summed E-state index contributed by atoms with van der Waals surface area (Å²) in [7, 11) is 3.79. The first-order valence-electron chi connectivity index (χ1n) is 7.38. The van der Waals surface area contributed by atoms with Crippen molar-refractivity contribution in [3.8, 4) is 0 Å². The van der Waals surface area contributed by atoms with E-state index in [-0.39, 0.29) is 5.91 Å². The van der Waals surface area contributed by atoms with Gasteiger partial charge in [-0.25, -0.2) is 0 Å². The van der Waals surface area contributed by atoms with Crippen LogP contribution in [0.1, 0.15) is 17.3 Å². The van der Waals surface area contributed by atoms with E-state index in [1.807, 2.05) is 29.2 Å². The molecule has 2 N–H and O–H groups in total. The highest BCUT2D eigenvalue weighted by atomic mass is 16.2. The molecule has 0 saturated carbocycles. The van der Waals surface area contributed by atoms with Crippen LogP contribution in [0.15, 0.2) is 30.5 Å². The van der Waals surface area contributed by atoms with E-state index in [0.717, 1.165) is 17.9 Å². The van der Waals surface area contributed by atoms with Gasteiger partial charge in [0.2, 0.25) is 0 Å². The van der Waals surface area contributed by atoms with Crippen molar-refractivity contribution in [2.45, 2.75) is 6.92 Å². The first kappa shape index (κ1) is 14.4. The number of fused-ring (bicyclic) bond motifs is 1. The number of carbonyl (C=O) groups is 1. The Balaban J connectivity index is 2.06. The molecule has 0 saturated heterocycles. The second kappa shape index (κ2) is 5.36. The van der Waals surface area contributed by atoms with Gasteiger partial charge in [-0.1, -0.05) is 19.1 Å². The monoisotopic (exact) mass is 299 g/mol. The van der Waals surface area contributed by atoms with Gasteiger partial charge in [-0.3, -0.25) is 9.48 Å². The van der Waals surface area contributed by atoms with E-state index in [0.29, 0.717) is 23.8 Å². The van der Waals surface area contributed by atoms with Crippen LogP contribution < -0.4 is 15.5 Å². The van der Waals surface area contributed by atoms with Gasteiger partial charge in [0, 0.05) is 27.2 Å². The number of carbonyl (C=O) groups excluding carboxylic acids is 1. The van der Waals surface area contributed by atoms with Gasteiger partial charge in [-0.2, -0.15) is 5.10 Å².